The fourth-order valence-electron chi connectivity index (χ4n) is 8.57. The number of ether oxygens (including phenoxy) is 2. The van der Waals surface area contributed by atoms with E-state index in [1.807, 2.05) is 0 Å². The van der Waals surface area contributed by atoms with Gasteiger partial charge in [0, 0.05) is 23.7 Å². The predicted molar refractivity (Wildman–Crippen MR) is 123 cm³/mol. The predicted octanol–water partition coefficient (Wildman–Crippen LogP) is 5.60. The van der Waals surface area contributed by atoms with Gasteiger partial charge in [0.15, 0.2) is 14.1 Å². The van der Waals surface area contributed by atoms with Crippen LogP contribution in [0.3, 0.4) is 0 Å². The summed E-state index contributed by atoms with van der Waals surface area (Å²) < 4.78 is 20.4. The molecule has 1 N–H and O–H groups in total. The molecule has 0 amide bonds. The number of hydrogen-bond acceptors (Lipinski definition) is 4. The molecule has 1 spiro atoms. The number of rotatable bonds is 5. The van der Waals surface area contributed by atoms with Crippen LogP contribution in [0.1, 0.15) is 74.1 Å². The highest BCUT2D eigenvalue weighted by molar-refractivity contribution is 6.73. The van der Waals surface area contributed by atoms with Crippen LogP contribution in [0.15, 0.2) is 0 Å². The van der Waals surface area contributed by atoms with Crippen LogP contribution in [0.2, 0.25) is 18.1 Å². The number of aliphatic hydroxyl groups excluding tert-OH is 1. The summed E-state index contributed by atoms with van der Waals surface area (Å²) in [4.78, 5) is 0. The van der Waals surface area contributed by atoms with Crippen LogP contribution in [0.5, 0.6) is 0 Å². The van der Waals surface area contributed by atoms with E-state index in [1.54, 1.807) is 0 Å². The molecule has 0 aromatic heterocycles. The molecule has 5 heteroatoms. The van der Waals surface area contributed by atoms with Crippen molar-refractivity contribution in [3.05, 3.63) is 0 Å². The Labute approximate surface area is 185 Å². The average molecular weight is 439 g/mol. The van der Waals surface area contributed by atoms with E-state index in [0.29, 0.717) is 25.0 Å². The zero-order valence-corrected chi connectivity index (χ0v) is 21.5. The van der Waals surface area contributed by atoms with Crippen LogP contribution in [-0.4, -0.2) is 44.6 Å². The molecule has 8 atom stereocenters. The first-order chi connectivity index (χ1) is 14.2. The second kappa shape index (κ2) is 7.83. The topological polar surface area (TPSA) is 47.9 Å². The van der Waals surface area contributed by atoms with Gasteiger partial charge in [-0.25, -0.2) is 0 Å². The molecule has 0 unspecified atom stereocenters. The van der Waals surface area contributed by atoms with Crippen molar-refractivity contribution in [3.63, 3.8) is 0 Å². The summed E-state index contributed by atoms with van der Waals surface area (Å²) >= 11 is 0. The summed E-state index contributed by atoms with van der Waals surface area (Å²) in [5.41, 5.74) is 0.0360. The first-order valence-corrected chi connectivity index (χ1v) is 15.3. The van der Waals surface area contributed by atoms with Gasteiger partial charge in [-0.05, 0) is 54.6 Å². The molecular weight excluding hydrogens is 392 g/mol. The third kappa shape index (κ3) is 2.91. The molecular formula is C25H46O4Si. The minimum atomic E-state index is -1.84. The van der Waals surface area contributed by atoms with Crippen molar-refractivity contribution >= 4 is 8.32 Å². The van der Waals surface area contributed by atoms with Crippen molar-refractivity contribution in [2.45, 2.75) is 110 Å². The van der Waals surface area contributed by atoms with Crippen molar-refractivity contribution in [2.24, 2.45) is 34.5 Å². The fraction of sp³-hybridized carbons (Fsp3) is 1.00. The molecule has 0 radical (unpaired) electrons. The Morgan fingerprint density at radius 3 is 2.13 bits per heavy atom. The average Bonchev–Trinajstić information content (AvgIpc) is 3.36. The lowest BCUT2D eigenvalue weighted by Gasteiger charge is -2.60. The summed E-state index contributed by atoms with van der Waals surface area (Å²) in [7, 11) is -1.84. The van der Waals surface area contributed by atoms with Crippen molar-refractivity contribution in [2.75, 3.05) is 13.2 Å². The first kappa shape index (κ1) is 23.2. The molecule has 1 heterocycles. The molecule has 3 saturated carbocycles. The van der Waals surface area contributed by atoms with Gasteiger partial charge in [-0.15, -0.1) is 0 Å². The van der Waals surface area contributed by atoms with E-state index in [4.69, 9.17) is 13.9 Å². The molecule has 4 fully saturated rings. The highest BCUT2D eigenvalue weighted by atomic mass is 28.4. The Kier molecular flexibility index (Phi) is 6.06. The zero-order chi connectivity index (χ0) is 21.9. The van der Waals surface area contributed by atoms with Gasteiger partial charge in [-0.3, -0.25) is 0 Å². The van der Waals surface area contributed by atoms with Gasteiger partial charge in [0.25, 0.3) is 0 Å². The standard InChI is InChI=1S/C25H46O4Si/c1-8-30(9-2,10-3)29-21-18(5)20(26)19(6)24-12-11-17(4)23(21,7)22(24)25(14-13-24)27-15-16-28-25/h17-22,26H,8-16H2,1-7H3/t17-,18+,19+,20-,21+,22+,23+,24+/m1/s1. The highest BCUT2D eigenvalue weighted by Gasteiger charge is 2.74. The van der Waals surface area contributed by atoms with Gasteiger partial charge in [-0.2, -0.15) is 0 Å². The second-order valence-corrected chi connectivity index (χ2v) is 16.1. The SMILES string of the molecule is CC[Si](CC)(CC)O[C@H]1[C@@H](C)[C@@H](O)[C@H](C)[C@@]23CC[C@@H](C)[C@]1(C)[C@@H]2C1(CC3)OCCO1. The van der Waals surface area contributed by atoms with E-state index in [2.05, 4.69) is 48.5 Å². The second-order valence-electron chi connectivity index (χ2n) is 11.4. The maximum absolute atomic E-state index is 11.7. The molecule has 4 rings (SSSR count). The summed E-state index contributed by atoms with van der Waals surface area (Å²) in [6.07, 6.45) is 4.19. The van der Waals surface area contributed by atoms with Crippen LogP contribution in [0.25, 0.3) is 0 Å². The Morgan fingerprint density at radius 2 is 1.57 bits per heavy atom. The molecule has 2 bridgehead atoms. The minimum absolute atomic E-state index is 0.0536. The lowest BCUT2D eigenvalue weighted by Crippen LogP contribution is -2.62. The maximum Gasteiger partial charge on any atom is 0.192 e. The zero-order valence-electron chi connectivity index (χ0n) is 20.5. The molecule has 4 aliphatic rings. The molecule has 1 saturated heterocycles. The summed E-state index contributed by atoms with van der Waals surface area (Å²) in [5, 5.41) is 11.7. The van der Waals surface area contributed by atoms with E-state index in [1.165, 1.54) is 12.8 Å². The van der Waals surface area contributed by atoms with Gasteiger partial charge >= 0.3 is 0 Å². The van der Waals surface area contributed by atoms with Crippen LogP contribution < -0.4 is 0 Å². The quantitative estimate of drug-likeness (QED) is 0.568. The monoisotopic (exact) mass is 438 g/mol. The van der Waals surface area contributed by atoms with Gasteiger partial charge in [-0.1, -0.05) is 48.5 Å². The molecule has 0 aromatic carbocycles. The van der Waals surface area contributed by atoms with Gasteiger partial charge in [0.05, 0.1) is 25.4 Å². The largest absolute Gasteiger partial charge is 0.413 e. The fourth-order valence-corrected chi connectivity index (χ4v) is 11.6. The van der Waals surface area contributed by atoms with Crippen LogP contribution >= 0.6 is 0 Å². The maximum atomic E-state index is 11.7. The van der Waals surface area contributed by atoms with E-state index < -0.39 is 14.1 Å². The lowest BCUT2D eigenvalue weighted by molar-refractivity contribution is -0.259. The molecule has 30 heavy (non-hydrogen) atoms. The van der Waals surface area contributed by atoms with Crippen molar-refractivity contribution in [3.8, 4) is 0 Å². The Bertz CT molecular complexity index is 622. The summed E-state index contributed by atoms with van der Waals surface area (Å²) in [5.74, 6) is 0.716. The highest BCUT2D eigenvalue weighted by Crippen LogP contribution is 2.73. The summed E-state index contributed by atoms with van der Waals surface area (Å²) in [6.45, 7) is 17.8. The van der Waals surface area contributed by atoms with Crippen molar-refractivity contribution < 1.29 is 19.0 Å². The number of hydrogen-bond donors (Lipinski definition) is 1. The minimum Gasteiger partial charge on any atom is -0.413 e. The van der Waals surface area contributed by atoms with E-state index in [9.17, 15) is 5.11 Å². The third-order valence-electron chi connectivity index (χ3n) is 10.8. The molecule has 174 valence electrons. The van der Waals surface area contributed by atoms with Crippen LogP contribution in [0, 0.1) is 34.5 Å². The van der Waals surface area contributed by atoms with Gasteiger partial charge < -0.3 is 19.0 Å². The van der Waals surface area contributed by atoms with Gasteiger partial charge in [0.2, 0.25) is 0 Å². The van der Waals surface area contributed by atoms with Crippen LogP contribution in [-0.2, 0) is 13.9 Å². The number of aliphatic hydroxyl groups is 1. The summed E-state index contributed by atoms with van der Waals surface area (Å²) in [6, 6.07) is 3.44. The normalized spacial score (nSPS) is 48.0. The first-order valence-electron chi connectivity index (χ1n) is 12.8. The van der Waals surface area contributed by atoms with E-state index >= 15 is 0 Å². The van der Waals surface area contributed by atoms with Gasteiger partial charge in [0.1, 0.15) is 0 Å². The van der Waals surface area contributed by atoms with E-state index in [0.717, 1.165) is 31.0 Å². The Balaban J connectivity index is 1.89. The Morgan fingerprint density at radius 1 is 0.967 bits per heavy atom. The van der Waals surface area contributed by atoms with Crippen molar-refractivity contribution in [1.29, 1.82) is 0 Å². The molecule has 1 aliphatic heterocycles. The molecule has 3 aliphatic carbocycles. The smallest absolute Gasteiger partial charge is 0.192 e. The van der Waals surface area contributed by atoms with E-state index in [-0.39, 0.29) is 34.9 Å². The lowest BCUT2D eigenvalue weighted by atomic mass is 9.48. The third-order valence-corrected chi connectivity index (χ3v) is 15.4. The molecule has 4 nitrogen and oxygen atoms in total. The van der Waals surface area contributed by atoms with Crippen LogP contribution in [0.4, 0.5) is 0 Å². The molecule has 0 aromatic rings. The van der Waals surface area contributed by atoms with Crippen molar-refractivity contribution in [1.82, 2.24) is 0 Å². The Hall–Kier alpha value is 0.0569.